The first-order chi connectivity index (χ1) is 7.83. The maximum absolute atomic E-state index is 5.26. The second-order valence-electron chi connectivity index (χ2n) is 4.71. The fourth-order valence-electron chi connectivity index (χ4n) is 2.34. The molecular formula is C14H21NO. The lowest BCUT2D eigenvalue weighted by Crippen LogP contribution is -2.22. The van der Waals surface area contributed by atoms with Crippen LogP contribution in [0.15, 0.2) is 24.3 Å². The molecule has 0 spiro atoms. The molecule has 2 nitrogen and oxygen atoms in total. The van der Waals surface area contributed by atoms with Gasteiger partial charge >= 0.3 is 0 Å². The van der Waals surface area contributed by atoms with Gasteiger partial charge in [-0.05, 0) is 62.4 Å². The van der Waals surface area contributed by atoms with Gasteiger partial charge in [0.1, 0.15) is 5.75 Å². The molecule has 2 rings (SSSR count). The van der Waals surface area contributed by atoms with E-state index in [1.165, 1.54) is 24.8 Å². The molecule has 0 radical (unpaired) electrons. The van der Waals surface area contributed by atoms with Gasteiger partial charge in [-0.25, -0.2) is 0 Å². The Morgan fingerprint density at radius 3 is 2.88 bits per heavy atom. The summed E-state index contributed by atoms with van der Waals surface area (Å²) in [6, 6.07) is 8.45. The molecule has 1 aromatic rings. The number of methoxy groups -OCH3 is 1. The van der Waals surface area contributed by atoms with E-state index in [-0.39, 0.29) is 0 Å². The van der Waals surface area contributed by atoms with Crippen LogP contribution in [0.4, 0.5) is 0 Å². The minimum atomic E-state index is 0.789. The molecule has 1 saturated carbocycles. The maximum atomic E-state index is 5.26. The van der Waals surface area contributed by atoms with Gasteiger partial charge in [0.25, 0.3) is 0 Å². The molecular weight excluding hydrogens is 198 g/mol. The van der Waals surface area contributed by atoms with Gasteiger partial charge in [0.15, 0.2) is 0 Å². The predicted octanol–water partition coefficient (Wildman–Crippen LogP) is 2.48. The zero-order chi connectivity index (χ0) is 11.4. The van der Waals surface area contributed by atoms with E-state index in [9.17, 15) is 0 Å². The van der Waals surface area contributed by atoms with Crippen molar-refractivity contribution < 1.29 is 4.74 Å². The molecule has 0 amide bonds. The summed E-state index contributed by atoms with van der Waals surface area (Å²) >= 11 is 0. The zero-order valence-corrected chi connectivity index (χ0v) is 10.2. The minimum absolute atomic E-state index is 0.789. The molecule has 0 saturated heterocycles. The number of hydrogen-bond donors (Lipinski definition) is 1. The minimum Gasteiger partial charge on any atom is -0.497 e. The van der Waals surface area contributed by atoms with E-state index in [1.54, 1.807) is 7.11 Å². The third-order valence-corrected chi connectivity index (χ3v) is 3.39. The van der Waals surface area contributed by atoms with Crippen molar-refractivity contribution in [2.45, 2.75) is 19.3 Å². The molecule has 0 heterocycles. The summed E-state index contributed by atoms with van der Waals surface area (Å²) in [6.45, 7) is 1.13. The van der Waals surface area contributed by atoms with Crippen molar-refractivity contribution in [2.75, 3.05) is 20.7 Å². The van der Waals surface area contributed by atoms with Crippen LogP contribution < -0.4 is 10.1 Å². The van der Waals surface area contributed by atoms with Crippen LogP contribution in [0, 0.1) is 11.8 Å². The first kappa shape index (κ1) is 11.5. The SMILES string of the molecule is CNCC(Cc1cccc(OC)c1)C1CC1. The van der Waals surface area contributed by atoms with Crippen molar-refractivity contribution in [1.29, 1.82) is 0 Å². The Hall–Kier alpha value is -1.02. The number of hydrogen-bond acceptors (Lipinski definition) is 2. The van der Waals surface area contributed by atoms with Crippen molar-refractivity contribution >= 4 is 0 Å². The molecule has 1 aromatic carbocycles. The van der Waals surface area contributed by atoms with Crippen molar-refractivity contribution in [3.8, 4) is 5.75 Å². The number of ether oxygens (including phenoxy) is 1. The second-order valence-corrected chi connectivity index (χ2v) is 4.71. The molecule has 1 atom stereocenters. The van der Waals surface area contributed by atoms with Crippen molar-refractivity contribution in [3.63, 3.8) is 0 Å². The fraction of sp³-hybridized carbons (Fsp3) is 0.571. The lowest BCUT2D eigenvalue weighted by Gasteiger charge is -2.16. The summed E-state index contributed by atoms with van der Waals surface area (Å²) in [5.41, 5.74) is 1.39. The maximum Gasteiger partial charge on any atom is 0.119 e. The lowest BCUT2D eigenvalue weighted by atomic mass is 9.94. The van der Waals surface area contributed by atoms with Gasteiger partial charge in [0.2, 0.25) is 0 Å². The van der Waals surface area contributed by atoms with E-state index in [1.807, 2.05) is 13.1 Å². The molecule has 1 fully saturated rings. The predicted molar refractivity (Wildman–Crippen MR) is 66.8 cm³/mol. The highest BCUT2D eigenvalue weighted by Crippen LogP contribution is 2.38. The first-order valence-corrected chi connectivity index (χ1v) is 6.11. The Morgan fingerprint density at radius 2 is 2.25 bits per heavy atom. The van der Waals surface area contributed by atoms with E-state index in [4.69, 9.17) is 4.74 Å². The van der Waals surface area contributed by atoms with Crippen molar-refractivity contribution in [1.82, 2.24) is 5.32 Å². The van der Waals surface area contributed by atoms with Crippen LogP contribution in [0.1, 0.15) is 18.4 Å². The average molecular weight is 219 g/mol. The number of rotatable bonds is 6. The summed E-state index contributed by atoms with van der Waals surface area (Å²) in [4.78, 5) is 0. The highest BCUT2D eigenvalue weighted by atomic mass is 16.5. The zero-order valence-electron chi connectivity index (χ0n) is 10.2. The Morgan fingerprint density at radius 1 is 1.44 bits per heavy atom. The van der Waals surface area contributed by atoms with Crippen LogP contribution in [-0.4, -0.2) is 20.7 Å². The van der Waals surface area contributed by atoms with Gasteiger partial charge < -0.3 is 10.1 Å². The van der Waals surface area contributed by atoms with E-state index >= 15 is 0 Å². The largest absolute Gasteiger partial charge is 0.497 e. The molecule has 88 valence electrons. The molecule has 0 aliphatic heterocycles. The van der Waals surface area contributed by atoms with Gasteiger partial charge in [0, 0.05) is 0 Å². The van der Waals surface area contributed by atoms with Gasteiger partial charge in [0.05, 0.1) is 7.11 Å². The molecule has 0 bridgehead atoms. The van der Waals surface area contributed by atoms with Crippen LogP contribution in [0.2, 0.25) is 0 Å². The highest BCUT2D eigenvalue weighted by molar-refractivity contribution is 5.28. The molecule has 1 N–H and O–H groups in total. The summed E-state index contributed by atoms with van der Waals surface area (Å²) in [6.07, 6.45) is 4.00. The van der Waals surface area contributed by atoms with Crippen LogP contribution >= 0.6 is 0 Å². The molecule has 1 aliphatic rings. The quantitative estimate of drug-likeness (QED) is 0.793. The van der Waals surface area contributed by atoms with Gasteiger partial charge in [-0.15, -0.1) is 0 Å². The third kappa shape index (κ3) is 2.99. The Labute approximate surface area is 98.0 Å². The summed E-state index contributed by atoms with van der Waals surface area (Å²) < 4.78 is 5.26. The highest BCUT2D eigenvalue weighted by Gasteiger charge is 2.30. The number of benzene rings is 1. The van der Waals surface area contributed by atoms with Gasteiger partial charge in [-0.3, -0.25) is 0 Å². The average Bonchev–Trinajstić information content (AvgIpc) is 3.13. The second kappa shape index (κ2) is 5.35. The van der Waals surface area contributed by atoms with Crippen LogP contribution in [0.25, 0.3) is 0 Å². The molecule has 1 aliphatic carbocycles. The van der Waals surface area contributed by atoms with E-state index in [2.05, 4.69) is 23.5 Å². The van der Waals surface area contributed by atoms with Crippen molar-refractivity contribution in [3.05, 3.63) is 29.8 Å². The van der Waals surface area contributed by atoms with E-state index in [0.717, 1.165) is 24.1 Å². The smallest absolute Gasteiger partial charge is 0.119 e. The van der Waals surface area contributed by atoms with E-state index < -0.39 is 0 Å². The molecule has 2 heteroatoms. The van der Waals surface area contributed by atoms with Gasteiger partial charge in [-0.2, -0.15) is 0 Å². The standard InChI is InChI=1S/C14H21NO/c1-15-10-13(12-6-7-12)8-11-4-3-5-14(9-11)16-2/h3-5,9,12-13,15H,6-8,10H2,1-2H3. The van der Waals surface area contributed by atoms with E-state index in [0.29, 0.717) is 0 Å². The Kier molecular flexibility index (Phi) is 3.83. The lowest BCUT2D eigenvalue weighted by molar-refractivity contribution is 0.411. The summed E-state index contributed by atoms with van der Waals surface area (Å²) in [7, 11) is 3.77. The van der Waals surface area contributed by atoms with Crippen molar-refractivity contribution in [2.24, 2.45) is 11.8 Å². The van der Waals surface area contributed by atoms with Gasteiger partial charge in [-0.1, -0.05) is 12.1 Å². The normalized spacial score (nSPS) is 17.1. The summed E-state index contributed by atoms with van der Waals surface area (Å²) in [5.74, 6) is 2.70. The van der Waals surface area contributed by atoms with Crippen LogP contribution in [-0.2, 0) is 6.42 Å². The molecule has 16 heavy (non-hydrogen) atoms. The fourth-order valence-corrected chi connectivity index (χ4v) is 2.34. The van der Waals surface area contributed by atoms with Crippen LogP contribution in [0.5, 0.6) is 5.75 Å². The Bertz CT molecular complexity index is 333. The number of nitrogens with one attached hydrogen (secondary N) is 1. The molecule has 1 unspecified atom stereocenters. The summed E-state index contributed by atoms with van der Waals surface area (Å²) in [5, 5.41) is 3.31. The van der Waals surface area contributed by atoms with Crippen LogP contribution in [0.3, 0.4) is 0 Å². The monoisotopic (exact) mass is 219 g/mol. The third-order valence-electron chi connectivity index (χ3n) is 3.39. The molecule has 0 aromatic heterocycles. The topological polar surface area (TPSA) is 21.3 Å². The first-order valence-electron chi connectivity index (χ1n) is 6.11. The Balaban J connectivity index is 1.99.